The minimum Gasteiger partial charge on any atom is -0.481 e. The van der Waals surface area contributed by atoms with Gasteiger partial charge in [0.15, 0.2) is 0 Å². The Hall–Kier alpha value is -4.28. The molecule has 0 unspecified atom stereocenters. The summed E-state index contributed by atoms with van der Waals surface area (Å²) in [5, 5.41) is 6.74. The lowest BCUT2D eigenvalue weighted by molar-refractivity contribution is -0.115. The van der Waals surface area contributed by atoms with E-state index < -0.39 is 23.2 Å². The van der Waals surface area contributed by atoms with E-state index in [9.17, 15) is 18.0 Å². The average molecular weight is 511 g/mol. The maximum atomic E-state index is 14.9. The zero-order chi connectivity index (χ0) is 26.6. The van der Waals surface area contributed by atoms with Gasteiger partial charge in [-0.25, -0.2) is 28.1 Å². The summed E-state index contributed by atoms with van der Waals surface area (Å²) >= 11 is 0. The summed E-state index contributed by atoms with van der Waals surface area (Å²) < 4.78 is 49.2. The number of carbonyl (C=O) groups excluding carboxylic acids is 1. The average Bonchev–Trinajstić information content (AvgIpc) is 3.32. The molecule has 4 rings (SSSR count). The molecule has 0 aliphatic rings. The first kappa shape index (κ1) is 25.8. The maximum Gasteiger partial charge on any atom is 0.275 e. The van der Waals surface area contributed by atoms with Crippen LogP contribution in [0.3, 0.4) is 0 Å². The van der Waals surface area contributed by atoms with E-state index in [1.165, 1.54) is 19.4 Å². The Morgan fingerprint density at radius 3 is 2.46 bits per heavy atom. The van der Waals surface area contributed by atoms with Crippen LogP contribution in [0, 0.1) is 5.82 Å². The fraction of sp³-hybridized carbons (Fsp3) is 0.269. The second-order valence-electron chi connectivity index (χ2n) is 8.48. The van der Waals surface area contributed by atoms with Crippen molar-refractivity contribution in [2.45, 2.75) is 39.2 Å². The predicted molar refractivity (Wildman–Crippen MR) is 131 cm³/mol. The molecule has 0 spiro atoms. The van der Waals surface area contributed by atoms with E-state index in [2.05, 4.69) is 25.4 Å². The molecule has 0 aliphatic carbocycles. The maximum absolute atomic E-state index is 14.9. The third-order valence-corrected chi connectivity index (χ3v) is 5.59. The van der Waals surface area contributed by atoms with Crippen molar-refractivity contribution in [3.05, 3.63) is 83.6 Å². The third-order valence-electron chi connectivity index (χ3n) is 5.59. The van der Waals surface area contributed by atoms with Gasteiger partial charge in [0.2, 0.25) is 11.8 Å². The van der Waals surface area contributed by atoms with Crippen molar-refractivity contribution in [1.82, 2.24) is 24.7 Å². The van der Waals surface area contributed by atoms with Crippen molar-refractivity contribution in [1.29, 1.82) is 0 Å². The van der Waals surface area contributed by atoms with Gasteiger partial charge in [0.05, 0.1) is 37.2 Å². The van der Waals surface area contributed by atoms with Crippen LogP contribution in [0.1, 0.15) is 36.4 Å². The highest BCUT2D eigenvalue weighted by atomic mass is 19.3. The fourth-order valence-electron chi connectivity index (χ4n) is 3.73. The lowest BCUT2D eigenvalue weighted by Crippen LogP contribution is -2.16. The van der Waals surface area contributed by atoms with Gasteiger partial charge in [-0.2, -0.15) is 5.10 Å². The van der Waals surface area contributed by atoms with Gasteiger partial charge in [-0.1, -0.05) is 12.1 Å². The molecule has 0 atom stereocenters. The number of ether oxygens (including phenoxy) is 1. The Balaban J connectivity index is 1.42. The summed E-state index contributed by atoms with van der Waals surface area (Å²) in [5.74, 6) is -3.90. The van der Waals surface area contributed by atoms with E-state index in [0.29, 0.717) is 35.9 Å². The molecule has 11 heteroatoms. The number of nitrogens with one attached hydrogen (secondary N) is 1. The summed E-state index contributed by atoms with van der Waals surface area (Å²) in [7, 11) is 1.23. The van der Waals surface area contributed by atoms with Gasteiger partial charge in [-0.15, -0.1) is 0 Å². The number of hydrogen-bond acceptors (Lipinski definition) is 6. The van der Waals surface area contributed by atoms with Crippen molar-refractivity contribution in [3.8, 4) is 17.0 Å². The molecule has 192 valence electrons. The number of alkyl halides is 2. The molecule has 4 aromatic rings. The number of nitrogens with zero attached hydrogens (tertiary/aromatic N) is 5. The van der Waals surface area contributed by atoms with Crippen molar-refractivity contribution >= 4 is 11.6 Å². The first-order valence-corrected chi connectivity index (χ1v) is 11.5. The first-order chi connectivity index (χ1) is 17.7. The molecule has 1 aromatic carbocycles. The Labute approximate surface area is 211 Å². The number of aryl methyl sites for hydroxylation is 1. The molecule has 0 saturated carbocycles. The van der Waals surface area contributed by atoms with Crippen LogP contribution in [0.2, 0.25) is 0 Å². The van der Waals surface area contributed by atoms with Crippen LogP contribution in [0.5, 0.6) is 5.88 Å². The number of pyridine rings is 1. The number of hydrogen-bond donors (Lipinski definition) is 1. The molecule has 37 heavy (non-hydrogen) atoms. The molecule has 0 radical (unpaired) electrons. The molecule has 1 amide bonds. The van der Waals surface area contributed by atoms with E-state index in [0.717, 1.165) is 18.2 Å². The summed E-state index contributed by atoms with van der Waals surface area (Å²) in [6, 6.07) is 5.52. The Morgan fingerprint density at radius 1 is 1.08 bits per heavy atom. The van der Waals surface area contributed by atoms with E-state index >= 15 is 0 Å². The third kappa shape index (κ3) is 6.29. The number of benzene rings is 1. The molecule has 3 aromatic heterocycles. The SMILES string of the molecule is CCn1cc(Cc2ncc(-c3ccc(CC(=O)Nc4cnc(OC)c(C(C)(F)F)c4)cc3F)cn2)cn1. The summed E-state index contributed by atoms with van der Waals surface area (Å²) in [4.78, 5) is 25.0. The van der Waals surface area contributed by atoms with Crippen LogP contribution in [0.4, 0.5) is 18.9 Å². The highest BCUT2D eigenvalue weighted by Crippen LogP contribution is 2.34. The molecule has 0 saturated heterocycles. The molecule has 1 N–H and O–H groups in total. The van der Waals surface area contributed by atoms with Gasteiger partial charge in [0.1, 0.15) is 11.6 Å². The number of aromatic nitrogens is 5. The fourth-order valence-corrected chi connectivity index (χ4v) is 3.73. The standard InChI is InChI=1S/C26H25F3N6O2/c1-4-35-15-17(11-33-35)8-23-30-12-18(13-31-23)20-6-5-16(7-22(20)27)9-24(36)34-19-10-21(26(2,28)29)25(37-3)32-14-19/h5-7,10-15H,4,8-9H2,1-3H3,(H,34,36). The van der Waals surface area contributed by atoms with Crippen molar-refractivity contribution in [2.24, 2.45) is 0 Å². The van der Waals surface area contributed by atoms with Gasteiger partial charge >= 0.3 is 0 Å². The highest BCUT2D eigenvalue weighted by Gasteiger charge is 2.30. The minimum atomic E-state index is -3.21. The second kappa shape index (κ2) is 10.8. The van der Waals surface area contributed by atoms with E-state index in [1.54, 1.807) is 30.7 Å². The number of rotatable bonds is 9. The zero-order valence-corrected chi connectivity index (χ0v) is 20.5. The number of amides is 1. The molecule has 0 bridgehead atoms. The number of anilines is 1. The Kier molecular flexibility index (Phi) is 7.51. The highest BCUT2D eigenvalue weighted by molar-refractivity contribution is 5.92. The lowest BCUT2D eigenvalue weighted by atomic mass is 10.0. The number of halogens is 3. The van der Waals surface area contributed by atoms with Crippen molar-refractivity contribution < 1.29 is 22.7 Å². The topological polar surface area (TPSA) is 94.8 Å². The smallest absolute Gasteiger partial charge is 0.275 e. The Bertz CT molecular complexity index is 1400. The number of methoxy groups -OCH3 is 1. The molecule has 8 nitrogen and oxygen atoms in total. The zero-order valence-electron chi connectivity index (χ0n) is 20.5. The molecule has 0 aliphatic heterocycles. The van der Waals surface area contributed by atoms with E-state index in [-0.39, 0.29) is 18.0 Å². The van der Waals surface area contributed by atoms with Gasteiger partial charge in [0, 0.05) is 49.6 Å². The Morgan fingerprint density at radius 2 is 1.84 bits per heavy atom. The lowest BCUT2D eigenvalue weighted by Gasteiger charge is -2.15. The van der Waals surface area contributed by atoms with Gasteiger partial charge in [-0.3, -0.25) is 9.48 Å². The summed E-state index contributed by atoms with van der Waals surface area (Å²) in [5.41, 5.74) is 1.81. The minimum absolute atomic E-state index is 0.0821. The van der Waals surface area contributed by atoms with Gasteiger partial charge < -0.3 is 10.1 Å². The molecular formula is C26H25F3N6O2. The van der Waals surface area contributed by atoms with Crippen LogP contribution < -0.4 is 10.1 Å². The van der Waals surface area contributed by atoms with Crippen LogP contribution in [-0.4, -0.2) is 37.7 Å². The summed E-state index contributed by atoms with van der Waals surface area (Å²) in [6.45, 7) is 3.48. The van der Waals surface area contributed by atoms with Crippen LogP contribution in [0.25, 0.3) is 11.1 Å². The first-order valence-electron chi connectivity index (χ1n) is 11.5. The van der Waals surface area contributed by atoms with Crippen LogP contribution >= 0.6 is 0 Å². The molecular weight excluding hydrogens is 485 g/mol. The monoisotopic (exact) mass is 510 g/mol. The van der Waals surface area contributed by atoms with Crippen LogP contribution in [-0.2, 0) is 30.1 Å². The number of carbonyl (C=O) groups is 1. The second-order valence-corrected chi connectivity index (χ2v) is 8.48. The van der Waals surface area contributed by atoms with Crippen molar-refractivity contribution in [3.63, 3.8) is 0 Å². The van der Waals surface area contributed by atoms with E-state index in [1.807, 2.05) is 17.8 Å². The molecule has 0 fully saturated rings. The summed E-state index contributed by atoms with van der Waals surface area (Å²) in [6.07, 6.45) is 8.35. The van der Waals surface area contributed by atoms with Gasteiger partial charge in [-0.05, 0) is 30.2 Å². The predicted octanol–water partition coefficient (Wildman–Crippen LogP) is 4.79. The van der Waals surface area contributed by atoms with E-state index in [4.69, 9.17) is 4.74 Å². The largest absolute Gasteiger partial charge is 0.481 e. The normalized spacial score (nSPS) is 11.4. The quantitative estimate of drug-likeness (QED) is 0.348. The van der Waals surface area contributed by atoms with Crippen LogP contribution in [0.15, 0.2) is 55.2 Å². The molecule has 3 heterocycles. The van der Waals surface area contributed by atoms with Crippen molar-refractivity contribution in [2.75, 3.05) is 12.4 Å². The van der Waals surface area contributed by atoms with Gasteiger partial charge in [0.25, 0.3) is 5.92 Å².